The predicted molar refractivity (Wildman–Crippen MR) is 77.1 cm³/mol. The number of nitrogens with zero attached hydrogens (tertiary/aromatic N) is 1. The summed E-state index contributed by atoms with van der Waals surface area (Å²) in [6, 6.07) is 5.29. The molecule has 2 unspecified atom stereocenters. The van der Waals surface area contributed by atoms with Crippen molar-refractivity contribution in [3.63, 3.8) is 0 Å². The number of amides is 1. The fraction of sp³-hybridized carbons (Fsp3) is 0.467. The Bertz CT molecular complexity index is 766. The summed E-state index contributed by atoms with van der Waals surface area (Å²) in [5, 5.41) is 9.03. The van der Waals surface area contributed by atoms with E-state index in [1.807, 2.05) is 6.07 Å². The molecule has 1 aromatic carbocycles. The molecule has 116 valence electrons. The van der Waals surface area contributed by atoms with Crippen molar-refractivity contribution in [1.82, 2.24) is 9.88 Å². The number of hydrogen-bond acceptors (Lipinski definition) is 4. The highest BCUT2D eigenvalue weighted by molar-refractivity contribution is 5.73. The van der Waals surface area contributed by atoms with E-state index < -0.39 is 11.8 Å². The van der Waals surface area contributed by atoms with Crippen LogP contribution in [0, 0.1) is 11.8 Å². The van der Waals surface area contributed by atoms with Crippen LogP contribution in [0.3, 0.4) is 0 Å². The molecule has 0 spiro atoms. The number of ether oxygens (including phenoxy) is 1. The Morgan fingerprint density at radius 2 is 2.05 bits per heavy atom. The fourth-order valence-electron chi connectivity index (χ4n) is 3.69. The van der Waals surface area contributed by atoms with E-state index in [1.165, 1.54) is 4.90 Å². The summed E-state index contributed by atoms with van der Waals surface area (Å²) in [5.74, 6) is 0.969. The third-order valence-electron chi connectivity index (χ3n) is 4.67. The van der Waals surface area contributed by atoms with Gasteiger partial charge >= 0.3 is 11.8 Å². The number of carbonyl (C=O) groups is 1. The quantitative estimate of drug-likeness (QED) is 0.883. The first-order chi connectivity index (χ1) is 10.6. The lowest BCUT2D eigenvalue weighted by molar-refractivity contribution is 0.144. The smallest absolute Gasteiger partial charge is 0.417 e. The number of hydrogen-bond donors (Lipinski definition) is 2. The minimum Gasteiger partial charge on any atom is -0.490 e. The molecule has 2 aromatic rings. The zero-order valence-electron chi connectivity index (χ0n) is 11.8. The second kappa shape index (κ2) is 4.79. The number of rotatable bonds is 2. The first-order valence-electron chi connectivity index (χ1n) is 7.36. The Kier molecular flexibility index (Phi) is 2.88. The van der Waals surface area contributed by atoms with Crippen molar-refractivity contribution < 1.29 is 19.1 Å². The maximum atomic E-state index is 11.1. The number of benzene rings is 1. The third-order valence-corrected chi connectivity index (χ3v) is 4.67. The second-order valence-corrected chi connectivity index (χ2v) is 6.09. The summed E-state index contributed by atoms with van der Waals surface area (Å²) in [4.78, 5) is 26.2. The van der Waals surface area contributed by atoms with Gasteiger partial charge in [-0.25, -0.2) is 9.59 Å². The van der Waals surface area contributed by atoms with Gasteiger partial charge in [0.1, 0.15) is 5.75 Å². The van der Waals surface area contributed by atoms with Crippen molar-refractivity contribution in [1.29, 1.82) is 0 Å². The van der Waals surface area contributed by atoms with E-state index in [-0.39, 0.29) is 6.10 Å². The number of oxazole rings is 1. The van der Waals surface area contributed by atoms with E-state index in [4.69, 9.17) is 14.3 Å². The molecule has 1 saturated carbocycles. The van der Waals surface area contributed by atoms with Crippen LogP contribution >= 0.6 is 0 Å². The molecule has 2 fully saturated rings. The van der Waals surface area contributed by atoms with Crippen LogP contribution in [0.2, 0.25) is 0 Å². The number of aromatic amines is 1. The van der Waals surface area contributed by atoms with Gasteiger partial charge < -0.3 is 19.2 Å². The SMILES string of the molecule is O=C(O)N1CC2CC(Oc3ccc4[nH]c(=O)oc4c3)CC2C1. The van der Waals surface area contributed by atoms with Gasteiger partial charge in [0, 0.05) is 19.2 Å². The summed E-state index contributed by atoms with van der Waals surface area (Å²) in [5.41, 5.74) is 1.13. The van der Waals surface area contributed by atoms with Crippen LogP contribution < -0.4 is 10.5 Å². The average molecular weight is 304 g/mol. The van der Waals surface area contributed by atoms with Gasteiger partial charge in [-0.2, -0.15) is 0 Å². The summed E-state index contributed by atoms with van der Waals surface area (Å²) in [7, 11) is 0. The summed E-state index contributed by atoms with van der Waals surface area (Å²) in [6.07, 6.45) is 0.988. The van der Waals surface area contributed by atoms with Crippen molar-refractivity contribution in [3.8, 4) is 5.75 Å². The molecule has 1 aliphatic carbocycles. The molecule has 0 radical (unpaired) electrons. The molecule has 4 rings (SSSR count). The van der Waals surface area contributed by atoms with Crippen LogP contribution in [-0.2, 0) is 0 Å². The van der Waals surface area contributed by atoms with Gasteiger partial charge in [0.05, 0.1) is 11.6 Å². The van der Waals surface area contributed by atoms with Gasteiger partial charge in [-0.3, -0.25) is 4.98 Å². The Morgan fingerprint density at radius 3 is 2.73 bits per heavy atom. The highest BCUT2D eigenvalue weighted by Crippen LogP contribution is 2.39. The minimum absolute atomic E-state index is 0.0917. The number of aromatic nitrogens is 1. The van der Waals surface area contributed by atoms with Gasteiger partial charge in [-0.05, 0) is 36.8 Å². The molecule has 2 aliphatic rings. The number of H-pyrrole nitrogens is 1. The lowest BCUT2D eigenvalue weighted by atomic mass is 10.0. The number of likely N-dealkylation sites (tertiary alicyclic amines) is 1. The minimum atomic E-state index is -0.834. The molecule has 2 heterocycles. The van der Waals surface area contributed by atoms with E-state index >= 15 is 0 Å². The highest BCUT2D eigenvalue weighted by atomic mass is 16.5. The summed E-state index contributed by atoms with van der Waals surface area (Å²) >= 11 is 0. The zero-order chi connectivity index (χ0) is 15.3. The van der Waals surface area contributed by atoms with Gasteiger partial charge in [0.25, 0.3) is 0 Å². The Morgan fingerprint density at radius 1 is 1.32 bits per heavy atom. The van der Waals surface area contributed by atoms with Crippen LogP contribution in [-0.4, -0.2) is 40.3 Å². The van der Waals surface area contributed by atoms with Crippen LogP contribution in [0.4, 0.5) is 4.79 Å². The van der Waals surface area contributed by atoms with Crippen molar-refractivity contribution in [2.24, 2.45) is 11.8 Å². The first-order valence-corrected chi connectivity index (χ1v) is 7.36. The maximum Gasteiger partial charge on any atom is 0.417 e. The van der Waals surface area contributed by atoms with E-state index in [0.29, 0.717) is 41.8 Å². The summed E-state index contributed by atoms with van der Waals surface area (Å²) in [6.45, 7) is 1.21. The van der Waals surface area contributed by atoms with Crippen molar-refractivity contribution in [2.75, 3.05) is 13.1 Å². The second-order valence-electron chi connectivity index (χ2n) is 6.09. The maximum absolute atomic E-state index is 11.1. The molecule has 7 nitrogen and oxygen atoms in total. The number of nitrogens with one attached hydrogen (secondary N) is 1. The largest absolute Gasteiger partial charge is 0.490 e. The van der Waals surface area contributed by atoms with Crippen LogP contribution in [0.15, 0.2) is 27.4 Å². The molecule has 22 heavy (non-hydrogen) atoms. The van der Waals surface area contributed by atoms with Gasteiger partial charge in [0.15, 0.2) is 5.58 Å². The normalized spacial score (nSPS) is 27.3. The number of carboxylic acid groups (broad SMARTS) is 1. The van der Waals surface area contributed by atoms with Crippen molar-refractivity contribution in [2.45, 2.75) is 18.9 Å². The van der Waals surface area contributed by atoms with E-state index in [1.54, 1.807) is 12.1 Å². The zero-order valence-corrected chi connectivity index (χ0v) is 11.8. The Labute approximate surface area is 125 Å². The van der Waals surface area contributed by atoms with Crippen molar-refractivity contribution in [3.05, 3.63) is 28.7 Å². The van der Waals surface area contributed by atoms with Gasteiger partial charge in [0.2, 0.25) is 0 Å². The van der Waals surface area contributed by atoms with Crippen LogP contribution in [0.25, 0.3) is 11.1 Å². The number of fused-ring (bicyclic) bond motifs is 2. The predicted octanol–water partition coefficient (Wildman–Crippen LogP) is 1.89. The third kappa shape index (κ3) is 2.22. The molecular weight excluding hydrogens is 288 g/mol. The molecule has 1 saturated heterocycles. The van der Waals surface area contributed by atoms with Gasteiger partial charge in [-0.15, -0.1) is 0 Å². The average Bonchev–Trinajstić information content (AvgIpc) is 3.09. The lowest BCUT2D eigenvalue weighted by Crippen LogP contribution is -2.29. The van der Waals surface area contributed by atoms with E-state index in [0.717, 1.165) is 12.8 Å². The molecule has 1 aromatic heterocycles. The fourth-order valence-corrected chi connectivity index (χ4v) is 3.69. The standard InChI is InChI=1S/C15H16N2O5/c18-14-16-12-2-1-10(5-13(12)22-14)21-11-3-8-6-17(15(19)20)7-9(8)4-11/h1-2,5,8-9,11H,3-4,6-7H2,(H,16,18)(H,19,20). The van der Waals surface area contributed by atoms with Gasteiger partial charge in [-0.1, -0.05) is 0 Å². The van der Waals surface area contributed by atoms with E-state index in [9.17, 15) is 9.59 Å². The lowest BCUT2D eigenvalue weighted by Gasteiger charge is -2.17. The van der Waals surface area contributed by atoms with Crippen molar-refractivity contribution >= 4 is 17.2 Å². The monoisotopic (exact) mass is 304 g/mol. The Balaban J connectivity index is 1.44. The molecule has 1 amide bonds. The molecule has 1 aliphatic heterocycles. The van der Waals surface area contributed by atoms with E-state index in [2.05, 4.69) is 4.98 Å². The molecule has 2 N–H and O–H groups in total. The molecule has 2 atom stereocenters. The van der Waals surface area contributed by atoms with Crippen LogP contribution in [0.5, 0.6) is 5.75 Å². The molecular formula is C15H16N2O5. The Hall–Kier alpha value is -2.44. The first kappa shape index (κ1) is 13.2. The topological polar surface area (TPSA) is 95.8 Å². The van der Waals surface area contributed by atoms with Crippen LogP contribution in [0.1, 0.15) is 12.8 Å². The summed E-state index contributed by atoms with van der Waals surface area (Å²) < 4.78 is 11.0. The molecule has 0 bridgehead atoms. The highest BCUT2D eigenvalue weighted by Gasteiger charge is 2.43. The molecule has 7 heteroatoms.